The van der Waals surface area contributed by atoms with Gasteiger partial charge in [-0.15, -0.1) is 11.8 Å². The predicted molar refractivity (Wildman–Crippen MR) is 85.7 cm³/mol. The van der Waals surface area contributed by atoms with Crippen LogP contribution in [0.25, 0.3) is 0 Å². The van der Waals surface area contributed by atoms with E-state index in [4.69, 9.17) is 0 Å². The molecule has 3 heterocycles. The van der Waals surface area contributed by atoms with Crippen LogP contribution in [0.5, 0.6) is 0 Å². The van der Waals surface area contributed by atoms with Gasteiger partial charge in [0.15, 0.2) is 5.60 Å². The Bertz CT molecular complexity index is 792. The second kappa shape index (κ2) is 5.30. The minimum absolute atomic E-state index is 0.0216. The molecule has 8 nitrogen and oxygen atoms in total. The highest BCUT2D eigenvalue weighted by atomic mass is 32.2. The first kappa shape index (κ1) is 16.1. The van der Waals surface area contributed by atoms with Gasteiger partial charge in [0.2, 0.25) is 5.91 Å². The number of hydrogen-bond acceptors (Lipinski definition) is 7. The van der Waals surface area contributed by atoms with E-state index in [-0.39, 0.29) is 23.4 Å². The van der Waals surface area contributed by atoms with E-state index in [1.165, 1.54) is 4.90 Å². The monoisotopic (exact) mass is 362 g/mol. The van der Waals surface area contributed by atoms with Gasteiger partial charge in [-0.1, -0.05) is 12.1 Å². The fourth-order valence-corrected chi connectivity index (χ4v) is 4.85. The molecule has 3 aliphatic rings. The first-order valence-corrected chi connectivity index (χ1v) is 8.64. The van der Waals surface area contributed by atoms with Crippen LogP contribution in [-0.4, -0.2) is 75.0 Å². The lowest BCUT2D eigenvalue weighted by Gasteiger charge is -2.54. The summed E-state index contributed by atoms with van der Waals surface area (Å²) in [5.41, 5.74) is -1.21. The number of amides is 3. The molecular formula is C16H14N2O6S. The quantitative estimate of drug-likeness (QED) is 0.428. The van der Waals surface area contributed by atoms with Gasteiger partial charge in [0.1, 0.15) is 11.4 Å². The molecule has 0 radical (unpaired) electrons. The Morgan fingerprint density at radius 3 is 2.40 bits per heavy atom. The summed E-state index contributed by atoms with van der Waals surface area (Å²) in [6.07, 6.45) is 0. The highest BCUT2D eigenvalue weighted by Crippen LogP contribution is 2.42. The van der Waals surface area contributed by atoms with Crippen LogP contribution < -0.4 is 0 Å². The van der Waals surface area contributed by atoms with Gasteiger partial charge in [-0.25, -0.2) is 4.79 Å². The van der Waals surface area contributed by atoms with Gasteiger partial charge in [-0.2, -0.15) is 0 Å². The topological polar surface area (TPSA) is 104 Å². The first-order valence-electron chi connectivity index (χ1n) is 7.59. The van der Waals surface area contributed by atoms with Crippen molar-refractivity contribution in [1.29, 1.82) is 0 Å². The molecule has 1 aromatic rings. The Morgan fingerprint density at radius 1 is 1.24 bits per heavy atom. The first-order chi connectivity index (χ1) is 11.9. The van der Waals surface area contributed by atoms with Crippen LogP contribution in [0, 0.1) is 0 Å². The molecule has 2 fully saturated rings. The van der Waals surface area contributed by atoms with Crippen LogP contribution >= 0.6 is 11.8 Å². The summed E-state index contributed by atoms with van der Waals surface area (Å²) in [4.78, 5) is 51.6. The van der Waals surface area contributed by atoms with Crippen molar-refractivity contribution in [2.24, 2.45) is 0 Å². The number of carbonyl (C=O) groups excluding carboxylic acids is 4. The van der Waals surface area contributed by atoms with Crippen molar-refractivity contribution in [2.75, 3.05) is 19.4 Å². The number of benzene rings is 1. The van der Waals surface area contributed by atoms with Crippen LogP contribution in [0.15, 0.2) is 24.3 Å². The second-order valence-corrected chi connectivity index (χ2v) is 7.27. The van der Waals surface area contributed by atoms with E-state index in [1.54, 1.807) is 24.3 Å². The number of rotatable bonds is 2. The van der Waals surface area contributed by atoms with Crippen LogP contribution in [0.2, 0.25) is 0 Å². The van der Waals surface area contributed by atoms with E-state index in [9.17, 15) is 24.3 Å². The standard InChI is InChI=1S/C16H14N2O6S/c1-24-15(22)16(23)6-17-13(21)10(14(17)25-7-16)18-11(19)8-4-2-3-5-9(8)12(18)20/h2-5,10,14,23H,6-7H2,1H3/t10?,14-,16?/m1/s1. The summed E-state index contributed by atoms with van der Waals surface area (Å²) < 4.78 is 4.58. The third-order valence-electron chi connectivity index (χ3n) is 4.71. The lowest BCUT2D eigenvalue weighted by atomic mass is 9.98. The predicted octanol–water partition coefficient (Wildman–Crippen LogP) is -0.530. The maximum Gasteiger partial charge on any atom is 0.340 e. The molecule has 4 rings (SSSR count). The zero-order valence-electron chi connectivity index (χ0n) is 13.2. The number of nitrogens with zero attached hydrogens (tertiary/aromatic N) is 2. The third kappa shape index (κ3) is 2.05. The molecular weight excluding hydrogens is 348 g/mol. The van der Waals surface area contributed by atoms with E-state index in [1.807, 2.05) is 0 Å². The molecule has 0 aromatic heterocycles. The molecule has 0 saturated carbocycles. The maximum atomic E-state index is 12.5. The molecule has 1 aromatic carbocycles. The normalized spacial score (nSPS) is 30.7. The van der Waals surface area contributed by atoms with Gasteiger partial charge in [0, 0.05) is 5.75 Å². The summed E-state index contributed by atoms with van der Waals surface area (Å²) in [5, 5.41) is 9.87. The zero-order chi connectivity index (χ0) is 17.9. The molecule has 2 unspecified atom stereocenters. The van der Waals surface area contributed by atoms with Crippen molar-refractivity contribution in [3.63, 3.8) is 0 Å². The fourth-order valence-electron chi connectivity index (χ4n) is 3.42. The molecule has 1 N–H and O–H groups in total. The van der Waals surface area contributed by atoms with Crippen molar-refractivity contribution >= 4 is 35.5 Å². The molecule has 3 atom stereocenters. The lowest BCUT2D eigenvalue weighted by molar-refractivity contribution is -0.170. The number of hydrogen-bond donors (Lipinski definition) is 1. The molecule has 9 heteroatoms. The van der Waals surface area contributed by atoms with Crippen LogP contribution in [0.3, 0.4) is 0 Å². The molecule has 3 aliphatic heterocycles. The third-order valence-corrected chi connectivity index (χ3v) is 6.21. The Morgan fingerprint density at radius 2 is 1.84 bits per heavy atom. The van der Waals surface area contributed by atoms with Gasteiger partial charge in [0.05, 0.1) is 24.8 Å². The van der Waals surface area contributed by atoms with Gasteiger partial charge in [-0.05, 0) is 12.1 Å². The van der Waals surface area contributed by atoms with Crippen LogP contribution in [0.4, 0.5) is 0 Å². The number of fused-ring (bicyclic) bond motifs is 2. The lowest BCUT2D eigenvalue weighted by Crippen LogP contribution is -2.75. The average molecular weight is 362 g/mol. The number of imide groups is 1. The van der Waals surface area contributed by atoms with Crippen LogP contribution in [-0.2, 0) is 14.3 Å². The average Bonchev–Trinajstić information content (AvgIpc) is 2.87. The molecule has 0 spiro atoms. The largest absolute Gasteiger partial charge is 0.467 e. The van der Waals surface area contributed by atoms with Gasteiger partial charge < -0.3 is 14.7 Å². The number of esters is 1. The number of methoxy groups -OCH3 is 1. The highest BCUT2D eigenvalue weighted by molar-refractivity contribution is 8.00. The maximum absolute atomic E-state index is 12.5. The molecule has 3 amide bonds. The van der Waals surface area contributed by atoms with Crippen molar-refractivity contribution in [1.82, 2.24) is 9.80 Å². The Labute approximate surface area is 146 Å². The highest BCUT2D eigenvalue weighted by Gasteiger charge is 2.61. The molecule has 0 bridgehead atoms. The smallest absolute Gasteiger partial charge is 0.340 e. The summed E-state index contributed by atoms with van der Waals surface area (Å²) in [6, 6.07) is 5.52. The minimum atomic E-state index is -1.78. The number of ether oxygens (including phenoxy) is 1. The van der Waals surface area contributed by atoms with E-state index >= 15 is 0 Å². The number of carbonyl (C=O) groups is 4. The van der Waals surface area contributed by atoms with Crippen LogP contribution in [0.1, 0.15) is 20.7 Å². The zero-order valence-corrected chi connectivity index (χ0v) is 14.0. The Balaban J connectivity index is 1.58. The fraction of sp³-hybridized carbons (Fsp3) is 0.375. The molecule has 0 aliphatic carbocycles. The molecule has 2 saturated heterocycles. The van der Waals surface area contributed by atoms with E-state index in [2.05, 4.69) is 4.74 Å². The summed E-state index contributed by atoms with van der Waals surface area (Å²) in [7, 11) is 1.16. The van der Waals surface area contributed by atoms with Crippen molar-refractivity contribution in [2.45, 2.75) is 17.0 Å². The number of aliphatic hydroxyl groups is 1. The van der Waals surface area contributed by atoms with Gasteiger partial charge >= 0.3 is 5.97 Å². The molecule has 25 heavy (non-hydrogen) atoms. The van der Waals surface area contributed by atoms with Crippen molar-refractivity contribution in [3.05, 3.63) is 35.4 Å². The Hall–Kier alpha value is -2.39. The summed E-state index contributed by atoms with van der Waals surface area (Å²) in [5.74, 6) is -2.24. The minimum Gasteiger partial charge on any atom is -0.467 e. The van der Waals surface area contributed by atoms with E-state index in [0.717, 1.165) is 23.8 Å². The van der Waals surface area contributed by atoms with E-state index < -0.39 is 40.7 Å². The van der Waals surface area contributed by atoms with Gasteiger partial charge in [-0.3, -0.25) is 19.3 Å². The van der Waals surface area contributed by atoms with Crippen molar-refractivity contribution in [3.8, 4) is 0 Å². The second-order valence-electron chi connectivity index (χ2n) is 6.16. The molecule has 130 valence electrons. The van der Waals surface area contributed by atoms with Crippen molar-refractivity contribution < 1.29 is 29.0 Å². The number of β-lactam (4-membered cyclic amide) rings is 1. The Kier molecular flexibility index (Phi) is 3.41. The van der Waals surface area contributed by atoms with E-state index in [0.29, 0.717) is 0 Å². The number of thioether (sulfide) groups is 1. The van der Waals surface area contributed by atoms with Gasteiger partial charge in [0.25, 0.3) is 11.8 Å². The summed E-state index contributed by atoms with van der Waals surface area (Å²) in [6.45, 7) is -0.212. The SMILES string of the molecule is COC(=O)C1(O)CS[C@@H]2C(N3C(=O)c4ccccc4C3=O)C(=O)N2C1. The summed E-state index contributed by atoms with van der Waals surface area (Å²) >= 11 is 1.15.